The summed E-state index contributed by atoms with van der Waals surface area (Å²) in [5.74, 6) is 1.42. The third-order valence-electron chi connectivity index (χ3n) is 4.57. The molecule has 26 heavy (non-hydrogen) atoms. The lowest BCUT2D eigenvalue weighted by atomic mass is 10.1. The van der Waals surface area contributed by atoms with Crippen molar-refractivity contribution < 1.29 is 9.53 Å². The quantitative estimate of drug-likeness (QED) is 0.845. The number of hydrogen-bond donors (Lipinski definition) is 0. The maximum atomic E-state index is 12.8. The van der Waals surface area contributed by atoms with Gasteiger partial charge in [0, 0.05) is 63.0 Å². The zero-order chi connectivity index (χ0) is 18.7. The third kappa shape index (κ3) is 4.31. The van der Waals surface area contributed by atoms with Gasteiger partial charge in [-0.1, -0.05) is 6.07 Å². The second-order valence-corrected chi connectivity index (χ2v) is 6.95. The molecule has 0 bridgehead atoms. The summed E-state index contributed by atoms with van der Waals surface area (Å²) in [5.41, 5.74) is 2.67. The Morgan fingerprint density at radius 1 is 1.15 bits per heavy atom. The molecular weight excluding hydrogens is 328 g/mol. The first-order valence-corrected chi connectivity index (χ1v) is 8.98. The lowest BCUT2D eigenvalue weighted by Crippen LogP contribution is -2.41. The fourth-order valence-corrected chi connectivity index (χ4v) is 3.19. The van der Waals surface area contributed by atoms with Gasteiger partial charge in [0.1, 0.15) is 11.9 Å². The van der Waals surface area contributed by atoms with Gasteiger partial charge in [0.25, 0.3) is 5.91 Å². The molecule has 0 radical (unpaired) electrons. The minimum absolute atomic E-state index is 0.0841. The molecule has 1 fully saturated rings. The second kappa shape index (κ2) is 7.72. The Balaban J connectivity index is 1.59. The minimum Gasteiger partial charge on any atom is -0.474 e. The van der Waals surface area contributed by atoms with Crippen molar-refractivity contribution in [1.29, 1.82) is 0 Å². The number of aromatic nitrogens is 2. The summed E-state index contributed by atoms with van der Waals surface area (Å²) < 4.78 is 6.01. The molecule has 0 spiro atoms. The van der Waals surface area contributed by atoms with E-state index in [-0.39, 0.29) is 12.0 Å². The van der Waals surface area contributed by atoms with Gasteiger partial charge in [-0.3, -0.25) is 4.79 Å². The van der Waals surface area contributed by atoms with Gasteiger partial charge in [0.05, 0.1) is 0 Å². The van der Waals surface area contributed by atoms with Crippen LogP contribution in [0, 0.1) is 13.8 Å². The van der Waals surface area contributed by atoms with Crippen molar-refractivity contribution in [3.8, 4) is 5.88 Å². The van der Waals surface area contributed by atoms with E-state index in [2.05, 4.69) is 9.97 Å². The molecule has 1 amide bonds. The standard InChI is InChI=1S/C20H26N4O2/c1-14-12-19(22-15(2)21-14)26-18-8-10-24(11-9-18)20(25)16-6-5-7-17(13-16)23(3)4/h5-7,12-13,18H,8-11H2,1-4H3. The first-order valence-electron chi connectivity index (χ1n) is 8.98. The van der Waals surface area contributed by atoms with Crippen molar-refractivity contribution in [2.24, 2.45) is 0 Å². The number of carbonyl (C=O) groups excluding carboxylic acids is 1. The van der Waals surface area contributed by atoms with Gasteiger partial charge in [0.2, 0.25) is 5.88 Å². The van der Waals surface area contributed by atoms with Crippen LogP contribution in [0.15, 0.2) is 30.3 Å². The summed E-state index contributed by atoms with van der Waals surface area (Å²) in [7, 11) is 3.95. The topological polar surface area (TPSA) is 58.6 Å². The van der Waals surface area contributed by atoms with Gasteiger partial charge < -0.3 is 14.5 Å². The zero-order valence-corrected chi connectivity index (χ0v) is 15.9. The number of amides is 1. The van der Waals surface area contributed by atoms with Gasteiger partial charge in [-0.15, -0.1) is 0 Å². The molecule has 1 aliphatic heterocycles. The number of rotatable bonds is 4. The highest BCUT2D eigenvalue weighted by molar-refractivity contribution is 5.95. The smallest absolute Gasteiger partial charge is 0.253 e. The van der Waals surface area contributed by atoms with Crippen LogP contribution in [-0.4, -0.2) is 54.1 Å². The average molecular weight is 354 g/mol. The molecule has 6 heteroatoms. The van der Waals surface area contributed by atoms with Gasteiger partial charge in [-0.25, -0.2) is 4.98 Å². The molecule has 0 N–H and O–H groups in total. The molecule has 2 aromatic rings. The number of hydrogen-bond acceptors (Lipinski definition) is 5. The number of anilines is 1. The van der Waals surface area contributed by atoms with Crippen molar-refractivity contribution in [2.45, 2.75) is 32.8 Å². The molecule has 0 unspecified atom stereocenters. The number of aryl methyl sites for hydroxylation is 2. The van der Waals surface area contributed by atoms with E-state index in [1.807, 2.05) is 68.1 Å². The normalized spacial score (nSPS) is 15.0. The summed E-state index contributed by atoms with van der Waals surface area (Å²) in [6.45, 7) is 5.19. The fraction of sp³-hybridized carbons (Fsp3) is 0.450. The highest BCUT2D eigenvalue weighted by Gasteiger charge is 2.25. The Kier molecular flexibility index (Phi) is 5.40. The minimum atomic E-state index is 0.0841. The largest absolute Gasteiger partial charge is 0.474 e. The molecule has 1 aromatic carbocycles. The van der Waals surface area contributed by atoms with Gasteiger partial charge in [-0.05, 0) is 32.0 Å². The molecule has 2 heterocycles. The van der Waals surface area contributed by atoms with E-state index in [9.17, 15) is 4.79 Å². The van der Waals surface area contributed by atoms with Crippen LogP contribution < -0.4 is 9.64 Å². The van der Waals surface area contributed by atoms with E-state index in [1.165, 1.54) is 0 Å². The molecule has 1 saturated heterocycles. The van der Waals surface area contributed by atoms with Crippen molar-refractivity contribution in [2.75, 3.05) is 32.1 Å². The van der Waals surface area contributed by atoms with Gasteiger partial charge in [0.15, 0.2) is 0 Å². The van der Waals surface area contributed by atoms with Gasteiger partial charge in [-0.2, -0.15) is 4.98 Å². The summed E-state index contributed by atoms with van der Waals surface area (Å²) in [6, 6.07) is 9.61. The van der Waals surface area contributed by atoms with E-state index in [0.717, 1.165) is 29.8 Å². The zero-order valence-electron chi connectivity index (χ0n) is 15.9. The van der Waals surface area contributed by atoms with Crippen LogP contribution in [0.1, 0.15) is 34.7 Å². The summed E-state index contributed by atoms with van der Waals surface area (Å²) in [6.07, 6.45) is 1.70. The summed E-state index contributed by atoms with van der Waals surface area (Å²) >= 11 is 0. The van der Waals surface area contributed by atoms with Crippen LogP contribution in [0.3, 0.4) is 0 Å². The maximum absolute atomic E-state index is 12.8. The van der Waals surface area contributed by atoms with E-state index in [1.54, 1.807) is 0 Å². The van der Waals surface area contributed by atoms with Crippen LogP contribution in [-0.2, 0) is 0 Å². The Bertz CT molecular complexity index is 763. The van der Waals surface area contributed by atoms with E-state index in [4.69, 9.17) is 4.74 Å². The number of benzene rings is 1. The fourth-order valence-electron chi connectivity index (χ4n) is 3.19. The Morgan fingerprint density at radius 2 is 1.88 bits per heavy atom. The Morgan fingerprint density at radius 3 is 2.54 bits per heavy atom. The molecule has 3 rings (SSSR count). The SMILES string of the molecule is Cc1cc(OC2CCN(C(=O)c3cccc(N(C)C)c3)CC2)nc(C)n1. The highest BCUT2D eigenvalue weighted by Crippen LogP contribution is 2.21. The number of likely N-dealkylation sites (tertiary alicyclic amines) is 1. The Hall–Kier alpha value is -2.63. The first-order chi connectivity index (χ1) is 12.4. The number of piperidine rings is 1. The molecule has 1 aromatic heterocycles. The van der Waals surface area contributed by atoms with Crippen LogP contribution in [0.2, 0.25) is 0 Å². The molecule has 6 nitrogen and oxygen atoms in total. The predicted octanol–water partition coefficient (Wildman–Crippen LogP) is 2.84. The van der Waals surface area contributed by atoms with Crippen LogP contribution >= 0.6 is 0 Å². The van der Waals surface area contributed by atoms with E-state index in [0.29, 0.717) is 24.8 Å². The molecule has 1 aliphatic rings. The summed E-state index contributed by atoms with van der Waals surface area (Å²) in [5, 5.41) is 0. The van der Waals surface area contributed by atoms with Crippen molar-refractivity contribution in [3.05, 3.63) is 47.4 Å². The maximum Gasteiger partial charge on any atom is 0.253 e. The van der Waals surface area contributed by atoms with Gasteiger partial charge >= 0.3 is 0 Å². The molecule has 0 aliphatic carbocycles. The van der Waals surface area contributed by atoms with E-state index < -0.39 is 0 Å². The van der Waals surface area contributed by atoms with Crippen molar-refractivity contribution in [1.82, 2.24) is 14.9 Å². The van der Waals surface area contributed by atoms with Crippen LogP contribution in [0.25, 0.3) is 0 Å². The number of ether oxygens (including phenoxy) is 1. The average Bonchev–Trinajstić information content (AvgIpc) is 2.61. The third-order valence-corrected chi connectivity index (χ3v) is 4.57. The van der Waals surface area contributed by atoms with Crippen LogP contribution in [0.4, 0.5) is 5.69 Å². The number of carbonyl (C=O) groups is 1. The second-order valence-electron chi connectivity index (χ2n) is 6.95. The Labute approximate surface area is 154 Å². The lowest BCUT2D eigenvalue weighted by Gasteiger charge is -2.32. The van der Waals surface area contributed by atoms with E-state index >= 15 is 0 Å². The number of nitrogens with zero attached hydrogens (tertiary/aromatic N) is 4. The molecule has 0 atom stereocenters. The van der Waals surface area contributed by atoms with Crippen molar-refractivity contribution >= 4 is 11.6 Å². The lowest BCUT2D eigenvalue weighted by molar-refractivity contribution is 0.0587. The highest BCUT2D eigenvalue weighted by atomic mass is 16.5. The van der Waals surface area contributed by atoms with Crippen LogP contribution in [0.5, 0.6) is 5.88 Å². The first kappa shape index (κ1) is 18.2. The predicted molar refractivity (Wildman–Crippen MR) is 102 cm³/mol. The molecular formula is C20H26N4O2. The summed E-state index contributed by atoms with van der Waals surface area (Å²) in [4.78, 5) is 25.3. The monoisotopic (exact) mass is 354 g/mol. The molecule has 138 valence electrons. The van der Waals surface area contributed by atoms with Crippen molar-refractivity contribution in [3.63, 3.8) is 0 Å². The molecule has 0 saturated carbocycles.